The lowest BCUT2D eigenvalue weighted by atomic mass is 10.1. The number of likely N-dealkylation sites (N-methyl/N-ethyl adjacent to an activating group) is 1. The third kappa shape index (κ3) is 6.27. The Morgan fingerprint density at radius 2 is 2.00 bits per heavy atom. The van der Waals surface area contributed by atoms with E-state index in [2.05, 4.69) is 15.5 Å². The molecule has 0 aliphatic rings. The van der Waals surface area contributed by atoms with Gasteiger partial charge in [-0.1, -0.05) is 11.3 Å². The fraction of sp³-hybridized carbons (Fsp3) is 0.385. The van der Waals surface area contributed by atoms with E-state index < -0.39 is 29.0 Å². The van der Waals surface area contributed by atoms with E-state index in [-0.39, 0.29) is 26.0 Å². The van der Waals surface area contributed by atoms with E-state index in [4.69, 9.17) is 15.1 Å². The van der Waals surface area contributed by atoms with E-state index in [0.717, 1.165) is 4.57 Å². The van der Waals surface area contributed by atoms with Crippen molar-refractivity contribution < 1.29 is 19.0 Å². The summed E-state index contributed by atoms with van der Waals surface area (Å²) in [6, 6.07) is 4.92. The first-order valence-corrected chi connectivity index (χ1v) is 13.2. The van der Waals surface area contributed by atoms with Crippen LogP contribution in [0, 0.1) is 24.1 Å². The van der Waals surface area contributed by atoms with Gasteiger partial charge >= 0.3 is 5.69 Å². The molecule has 1 amide bonds. The molecule has 0 fully saturated rings. The second kappa shape index (κ2) is 13.6. The molecule has 4 aromatic rings. The summed E-state index contributed by atoms with van der Waals surface area (Å²) in [4.78, 5) is 41.5. The molecule has 1 atom stereocenters. The Balaban J connectivity index is 0.000000810. The van der Waals surface area contributed by atoms with Gasteiger partial charge in [0.2, 0.25) is 5.91 Å². The van der Waals surface area contributed by atoms with Crippen molar-refractivity contribution in [2.75, 3.05) is 20.3 Å². The fourth-order valence-corrected chi connectivity index (χ4v) is 5.30. The first-order chi connectivity index (χ1) is 19.2. The predicted octanol–water partition coefficient (Wildman–Crippen LogP) is 2.09. The van der Waals surface area contributed by atoms with Crippen LogP contribution in [0.5, 0.6) is 5.75 Å². The number of nitriles is 1. The Morgan fingerprint density at radius 1 is 1.30 bits per heavy atom. The zero-order valence-corrected chi connectivity index (χ0v) is 23.4. The molecule has 1 aromatic carbocycles. The highest BCUT2D eigenvalue weighted by atomic mass is 32.1. The first-order valence-electron chi connectivity index (χ1n) is 12.4. The number of ether oxygens (including phenoxy) is 1. The summed E-state index contributed by atoms with van der Waals surface area (Å²) in [7, 11) is 1.49. The third-order valence-corrected chi connectivity index (χ3v) is 7.29. The Kier molecular flexibility index (Phi) is 10.3. The monoisotopic (exact) mass is 571 g/mol. The number of rotatable bonds is 9. The minimum atomic E-state index is -1.03. The van der Waals surface area contributed by atoms with Crippen molar-refractivity contribution in [3.8, 4) is 16.8 Å². The molecule has 0 aliphatic heterocycles. The number of thiophene rings is 1. The number of carbonyl (C=O) groups excluding carboxylic acids is 1. The molecule has 0 bridgehead atoms. The first kappa shape index (κ1) is 30.2. The van der Waals surface area contributed by atoms with Gasteiger partial charge in [0.05, 0.1) is 44.0 Å². The number of hydrogen-bond donors (Lipinski definition) is 2. The van der Waals surface area contributed by atoms with Crippen molar-refractivity contribution in [3.05, 3.63) is 68.4 Å². The number of carbonyl (C=O) groups is 1. The quantitative estimate of drug-likeness (QED) is 0.309. The molecule has 2 N–H and O–H groups in total. The molecule has 3 aromatic heterocycles. The number of nitrogens with one attached hydrogen (secondary N) is 1. The van der Waals surface area contributed by atoms with Crippen molar-refractivity contribution in [3.63, 3.8) is 0 Å². The van der Waals surface area contributed by atoms with E-state index in [1.165, 1.54) is 65.3 Å². The maximum absolute atomic E-state index is 13.9. The van der Waals surface area contributed by atoms with E-state index >= 15 is 0 Å². The number of benzene rings is 1. The summed E-state index contributed by atoms with van der Waals surface area (Å²) in [6.07, 6.45) is 3.54. The number of halogens is 1. The predicted molar refractivity (Wildman–Crippen MR) is 147 cm³/mol. The number of fused-ring (bicyclic) bond motifs is 1. The summed E-state index contributed by atoms with van der Waals surface area (Å²) in [5.74, 6) is -0.373. The molecule has 0 saturated carbocycles. The van der Waals surface area contributed by atoms with Gasteiger partial charge in [-0.05, 0) is 51.0 Å². The summed E-state index contributed by atoms with van der Waals surface area (Å²) in [6.45, 7) is 5.50. The van der Waals surface area contributed by atoms with Crippen LogP contribution in [0.2, 0.25) is 0 Å². The number of aryl methyl sites for hydroxylation is 3. The molecule has 0 radical (unpaired) electrons. The van der Waals surface area contributed by atoms with Gasteiger partial charge in [-0.2, -0.15) is 15.5 Å². The lowest BCUT2D eigenvalue weighted by Gasteiger charge is -2.17. The molecule has 40 heavy (non-hydrogen) atoms. The summed E-state index contributed by atoms with van der Waals surface area (Å²) in [5, 5.41) is 27.4. The van der Waals surface area contributed by atoms with Crippen LogP contribution in [-0.4, -0.2) is 55.4 Å². The van der Waals surface area contributed by atoms with Crippen molar-refractivity contribution >= 4 is 27.5 Å². The number of aromatic nitrogens is 5. The molecule has 0 spiro atoms. The molecular weight excluding hydrogens is 541 g/mol. The van der Waals surface area contributed by atoms with Crippen LogP contribution in [0.3, 0.4) is 0 Å². The van der Waals surface area contributed by atoms with Crippen LogP contribution in [-0.2, 0) is 17.8 Å². The Labute approximate surface area is 232 Å². The molecule has 0 saturated heterocycles. The van der Waals surface area contributed by atoms with Crippen LogP contribution in [0.15, 0.2) is 40.2 Å². The highest BCUT2D eigenvalue weighted by Crippen LogP contribution is 2.31. The minimum absolute atomic E-state index is 0.0174. The van der Waals surface area contributed by atoms with E-state index in [1.54, 1.807) is 19.9 Å². The number of aliphatic hydroxyl groups excluding tert-OH is 1. The number of hydrogen-bond acceptors (Lipinski definition) is 9. The fourth-order valence-electron chi connectivity index (χ4n) is 4.07. The zero-order chi connectivity index (χ0) is 29.4. The van der Waals surface area contributed by atoms with Gasteiger partial charge in [0.1, 0.15) is 27.4 Å². The minimum Gasteiger partial charge on any atom is -0.496 e. The molecule has 4 rings (SSSR count). The Morgan fingerprint density at radius 3 is 2.58 bits per heavy atom. The maximum Gasteiger partial charge on any atom is 0.332 e. The van der Waals surface area contributed by atoms with Crippen LogP contribution in [0.25, 0.3) is 15.2 Å². The normalized spacial score (nSPS) is 11.4. The summed E-state index contributed by atoms with van der Waals surface area (Å²) < 4.78 is 21.7. The second-order valence-electron chi connectivity index (χ2n) is 8.55. The number of methoxy groups -OCH3 is 1. The van der Waals surface area contributed by atoms with Gasteiger partial charge in [-0.25, -0.2) is 13.8 Å². The molecule has 14 heteroatoms. The topological polar surface area (TPSA) is 157 Å². The van der Waals surface area contributed by atoms with Crippen LogP contribution in [0.4, 0.5) is 4.39 Å². The average molecular weight is 572 g/mol. The summed E-state index contributed by atoms with van der Waals surface area (Å²) in [5.41, 5.74) is -0.0159. The van der Waals surface area contributed by atoms with Gasteiger partial charge in [0.15, 0.2) is 0 Å². The molecule has 12 nitrogen and oxygen atoms in total. The summed E-state index contributed by atoms with van der Waals surface area (Å²) >= 11 is 1.21. The number of nitrogens with zero attached hydrogens (tertiary/aromatic N) is 6. The average Bonchev–Trinajstić information content (AvgIpc) is 3.58. The van der Waals surface area contributed by atoms with Gasteiger partial charge in [0.25, 0.3) is 5.56 Å². The van der Waals surface area contributed by atoms with Crippen molar-refractivity contribution in [2.45, 2.75) is 46.2 Å². The van der Waals surface area contributed by atoms with Crippen LogP contribution >= 0.6 is 11.3 Å². The number of amides is 1. The van der Waals surface area contributed by atoms with E-state index in [0.29, 0.717) is 38.6 Å². The van der Waals surface area contributed by atoms with Gasteiger partial charge < -0.3 is 15.2 Å². The van der Waals surface area contributed by atoms with Gasteiger partial charge in [0, 0.05) is 18.7 Å². The smallest absolute Gasteiger partial charge is 0.332 e. The number of aliphatic hydroxyl groups is 1. The molecule has 0 unspecified atom stereocenters. The largest absolute Gasteiger partial charge is 0.496 e. The third-order valence-electron chi connectivity index (χ3n) is 6.01. The van der Waals surface area contributed by atoms with Crippen LogP contribution in [0.1, 0.15) is 37.4 Å². The standard InChI is InChI=1S/C23H25FN6O4S.C3H5NO/c1-5-25-19(31)14(3)29-20(32)18-13(2)21(30-26-9-10-27-30)35-22(18)28(23(29)33)11-8-15-12-16(24)6-7-17(15)34-4;4-2-1-3-5/h6-7,9-10,12,14H,5,8,11H2,1-4H3,(H,25,31);5H,1,3H2/t14-;/m1./s1. The SMILES string of the molecule is CCNC(=O)[C@@H](C)n1c(=O)c2c(C)c(-n3nccn3)sc2n(CCc2cc(F)ccc2OC)c1=O.N#CCCO. The van der Waals surface area contributed by atoms with E-state index in [1.807, 2.05) is 0 Å². The van der Waals surface area contributed by atoms with Gasteiger partial charge in [-0.15, -0.1) is 4.80 Å². The van der Waals surface area contributed by atoms with Crippen molar-refractivity contribution in [2.24, 2.45) is 0 Å². The highest BCUT2D eigenvalue weighted by molar-refractivity contribution is 7.21. The van der Waals surface area contributed by atoms with E-state index in [9.17, 15) is 18.8 Å². The molecule has 0 aliphatic carbocycles. The lowest BCUT2D eigenvalue weighted by molar-refractivity contribution is -0.123. The van der Waals surface area contributed by atoms with Crippen LogP contribution < -0.4 is 21.3 Å². The Hall–Kier alpha value is -4.35. The Bertz CT molecular complexity index is 1640. The maximum atomic E-state index is 13.9. The molecule has 3 heterocycles. The van der Waals surface area contributed by atoms with Crippen molar-refractivity contribution in [1.82, 2.24) is 29.4 Å². The lowest BCUT2D eigenvalue weighted by Crippen LogP contribution is -2.46. The van der Waals surface area contributed by atoms with Crippen molar-refractivity contribution in [1.29, 1.82) is 5.26 Å². The molecular formula is C26H30FN7O5S. The zero-order valence-electron chi connectivity index (χ0n) is 22.5. The molecule has 212 valence electrons. The second-order valence-corrected chi connectivity index (χ2v) is 9.53. The highest BCUT2D eigenvalue weighted by Gasteiger charge is 2.26. The van der Waals surface area contributed by atoms with Gasteiger partial charge in [-0.3, -0.25) is 14.2 Å².